The number of nitrogens with zero attached hydrogens (tertiary/aromatic N) is 1. The van der Waals surface area contributed by atoms with Gasteiger partial charge in [-0.2, -0.15) is 0 Å². The van der Waals surface area contributed by atoms with E-state index in [0.29, 0.717) is 0 Å². The molecule has 0 saturated carbocycles. The summed E-state index contributed by atoms with van der Waals surface area (Å²) in [6.07, 6.45) is 4.52. The zero-order valence-electron chi connectivity index (χ0n) is 7.35. The second-order valence-corrected chi connectivity index (χ2v) is 2.68. The molecule has 0 aliphatic carbocycles. The fourth-order valence-corrected chi connectivity index (χ4v) is 1.11. The van der Waals surface area contributed by atoms with Gasteiger partial charge in [0.05, 0.1) is 6.20 Å². The van der Waals surface area contributed by atoms with Crippen molar-refractivity contribution in [2.45, 2.75) is 26.2 Å². The van der Waals surface area contributed by atoms with Gasteiger partial charge >= 0.3 is 0 Å². The molecule has 0 spiro atoms. The number of allylic oxidation sites excluding steroid dienone is 1. The Bertz CT molecular complexity index is 199. The van der Waals surface area contributed by atoms with E-state index in [9.17, 15) is 4.39 Å². The Morgan fingerprint density at radius 2 is 2.42 bits per heavy atom. The quantitative estimate of drug-likeness (QED) is 0.636. The van der Waals surface area contributed by atoms with Crippen molar-refractivity contribution in [2.24, 2.45) is 4.99 Å². The van der Waals surface area contributed by atoms with E-state index in [1.807, 2.05) is 0 Å². The summed E-state index contributed by atoms with van der Waals surface area (Å²) in [5.74, 6) is 0.810. The van der Waals surface area contributed by atoms with Gasteiger partial charge in [-0.3, -0.25) is 4.99 Å². The number of halogens is 1. The summed E-state index contributed by atoms with van der Waals surface area (Å²) in [6.45, 7) is 1.81. The second-order valence-electron chi connectivity index (χ2n) is 2.68. The van der Waals surface area contributed by atoms with E-state index in [2.05, 4.69) is 11.9 Å². The zero-order chi connectivity index (χ0) is 8.81. The molecule has 2 nitrogen and oxygen atoms in total. The van der Waals surface area contributed by atoms with Gasteiger partial charge in [-0.05, 0) is 12.8 Å². The minimum absolute atomic E-state index is 0.156. The van der Waals surface area contributed by atoms with Gasteiger partial charge in [0.25, 0.3) is 0 Å². The smallest absolute Gasteiger partial charge is 0.123 e. The molecule has 0 aromatic carbocycles. The summed E-state index contributed by atoms with van der Waals surface area (Å²) < 4.78 is 16.8. The van der Waals surface area contributed by atoms with Gasteiger partial charge in [0.15, 0.2) is 0 Å². The standard InChI is InChI=1S/C9H14FNO/c1-2-8-3-4-9(7-11-8)12-6-5-10/h7H,2-6H2,1H3. The minimum atomic E-state index is -0.429. The molecular formula is C9H14FNO. The van der Waals surface area contributed by atoms with E-state index in [-0.39, 0.29) is 6.61 Å². The first kappa shape index (κ1) is 9.23. The van der Waals surface area contributed by atoms with Crippen molar-refractivity contribution in [3.63, 3.8) is 0 Å². The number of ether oxygens (including phenoxy) is 1. The van der Waals surface area contributed by atoms with Crippen molar-refractivity contribution < 1.29 is 9.13 Å². The molecule has 0 aromatic rings. The average molecular weight is 171 g/mol. The largest absolute Gasteiger partial charge is 0.494 e. The van der Waals surface area contributed by atoms with Crippen LogP contribution in [-0.4, -0.2) is 19.0 Å². The number of rotatable bonds is 4. The van der Waals surface area contributed by atoms with Crippen LogP contribution in [0.5, 0.6) is 0 Å². The molecule has 0 bridgehead atoms. The summed E-state index contributed by atoms with van der Waals surface area (Å²) >= 11 is 0. The molecular weight excluding hydrogens is 157 g/mol. The average Bonchev–Trinajstić information content (AvgIpc) is 2.15. The molecule has 1 aliphatic heterocycles. The van der Waals surface area contributed by atoms with E-state index in [0.717, 1.165) is 25.0 Å². The lowest BCUT2D eigenvalue weighted by Crippen LogP contribution is -2.05. The Morgan fingerprint density at radius 1 is 1.58 bits per heavy atom. The van der Waals surface area contributed by atoms with Crippen molar-refractivity contribution in [3.8, 4) is 0 Å². The first-order valence-electron chi connectivity index (χ1n) is 4.30. The maximum absolute atomic E-state index is 11.7. The molecule has 0 atom stereocenters. The molecule has 0 N–H and O–H groups in total. The molecule has 12 heavy (non-hydrogen) atoms. The fraction of sp³-hybridized carbons (Fsp3) is 0.667. The Hall–Kier alpha value is -0.860. The van der Waals surface area contributed by atoms with Crippen LogP contribution >= 0.6 is 0 Å². The van der Waals surface area contributed by atoms with Crippen LogP contribution < -0.4 is 0 Å². The molecule has 3 heteroatoms. The first-order chi connectivity index (χ1) is 5.86. The summed E-state index contributed by atoms with van der Waals surface area (Å²) in [5, 5.41) is 0. The van der Waals surface area contributed by atoms with Gasteiger partial charge in [-0.25, -0.2) is 4.39 Å². The van der Waals surface area contributed by atoms with Crippen LogP contribution in [0, 0.1) is 0 Å². The SMILES string of the molecule is CCC1=NC=C(OCCF)CC1. The van der Waals surface area contributed by atoms with Gasteiger partial charge in [-0.15, -0.1) is 0 Å². The Kier molecular flexibility index (Phi) is 3.77. The molecule has 0 saturated heterocycles. The number of hydrogen-bond donors (Lipinski definition) is 0. The second kappa shape index (κ2) is 4.91. The van der Waals surface area contributed by atoms with Crippen molar-refractivity contribution in [2.75, 3.05) is 13.3 Å². The Balaban J connectivity index is 2.37. The predicted octanol–water partition coefficient (Wildman–Crippen LogP) is 2.46. The van der Waals surface area contributed by atoms with Crippen LogP contribution in [-0.2, 0) is 4.74 Å². The highest BCUT2D eigenvalue weighted by Gasteiger charge is 2.06. The molecule has 0 unspecified atom stereocenters. The summed E-state index contributed by atoms with van der Waals surface area (Å²) in [6, 6.07) is 0. The van der Waals surface area contributed by atoms with E-state index in [4.69, 9.17) is 4.74 Å². The van der Waals surface area contributed by atoms with Crippen molar-refractivity contribution >= 4 is 5.71 Å². The Morgan fingerprint density at radius 3 is 2.92 bits per heavy atom. The van der Waals surface area contributed by atoms with Crippen molar-refractivity contribution in [3.05, 3.63) is 12.0 Å². The summed E-state index contributed by atoms with van der Waals surface area (Å²) in [4.78, 5) is 4.19. The molecule has 0 radical (unpaired) electrons. The van der Waals surface area contributed by atoms with Crippen LogP contribution in [0.4, 0.5) is 4.39 Å². The number of alkyl halides is 1. The lowest BCUT2D eigenvalue weighted by molar-refractivity contribution is 0.178. The summed E-state index contributed by atoms with van der Waals surface area (Å²) in [5.41, 5.74) is 1.20. The normalized spacial score (nSPS) is 16.8. The van der Waals surface area contributed by atoms with Crippen molar-refractivity contribution in [1.29, 1.82) is 0 Å². The van der Waals surface area contributed by atoms with Crippen LogP contribution in [0.25, 0.3) is 0 Å². The molecule has 0 aromatic heterocycles. The molecule has 0 amide bonds. The van der Waals surface area contributed by atoms with Crippen molar-refractivity contribution in [1.82, 2.24) is 0 Å². The third kappa shape index (κ3) is 2.64. The highest BCUT2D eigenvalue weighted by molar-refractivity contribution is 5.85. The maximum Gasteiger partial charge on any atom is 0.123 e. The van der Waals surface area contributed by atoms with Gasteiger partial charge in [0.1, 0.15) is 19.0 Å². The van der Waals surface area contributed by atoms with Crippen LogP contribution in [0.15, 0.2) is 17.0 Å². The van der Waals surface area contributed by atoms with E-state index in [1.54, 1.807) is 6.20 Å². The van der Waals surface area contributed by atoms with E-state index in [1.165, 1.54) is 5.71 Å². The molecule has 1 rings (SSSR count). The molecule has 68 valence electrons. The molecule has 1 aliphatic rings. The van der Waals surface area contributed by atoms with E-state index >= 15 is 0 Å². The topological polar surface area (TPSA) is 21.6 Å². The van der Waals surface area contributed by atoms with Crippen LogP contribution in [0.3, 0.4) is 0 Å². The highest BCUT2D eigenvalue weighted by Crippen LogP contribution is 2.14. The third-order valence-electron chi connectivity index (χ3n) is 1.82. The third-order valence-corrected chi connectivity index (χ3v) is 1.82. The van der Waals surface area contributed by atoms with Crippen LogP contribution in [0.2, 0.25) is 0 Å². The van der Waals surface area contributed by atoms with Gasteiger partial charge in [0, 0.05) is 12.1 Å². The lowest BCUT2D eigenvalue weighted by atomic mass is 10.1. The number of aliphatic imine (C=N–C) groups is 1. The molecule has 1 heterocycles. The lowest BCUT2D eigenvalue weighted by Gasteiger charge is -2.12. The van der Waals surface area contributed by atoms with Gasteiger partial charge in [-0.1, -0.05) is 6.92 Å². The highest BCUT2D eigenvalue weighted by atomic mass is 19.1. The predicted molar refractivity (Wildman–Crippen MR) is 47.0 cm³/mol. The van der Waals surface area contributed by atoms with Gasteiger partial charge < -0.3 is 4.74 Å². The molecule has 0 fully saturated rings. The summed E-state index contributed by atoms with van der Waals surface area (Å²) in [7, 11) is 0. The monoisotopic (exact) mass is 171 g/mol. The first-order valence-corrected chi connectivity index (χ1v) is 4.30. The van der Waals surface area contributed by atoms with E-state index < -0.39 is 6.67 Å². The number of hydrogen-bond acceptors (Lipinski definition) is 2. The Labute approximate surface area is 72.1 Å². The van der Waals surface area contributed by atoms with Gasteiger partial charge in [0.2, 0.25) is 0 Å². The maximum atomic E-state index is 11.7. The zero-order valence-corrected chi connectivity index (χ0v) is 7.35. The minimum Gasteiger partial charge on any atom is -0.494 e. The van der Waals surface area contributed by atoms with Crippen LogP contribution in [0.1, 0.15) is 26.2 Å². The fourth-order valence-electron chi connectivity index (χ4n) is 1.11.